The molecular weight excluding hydrogens is 388 g/mol. The molecular formula is C18H15Cl2F3N2O. The summed E-state index contributed by atoms with van der Waals surface area (Å²) in [6.45, 7) is 3.58. The van der Waals surface area contributed by atoms with Gasteiger partial charge in [-0.2, -0.15) is 0 Å². The highest BCUT2D eigenvalue weighted by Gasteiger charge is 2.31. The molecule has 0 fully saturated rings. The van der Waals surface area contributed by atoms with Gasteiger partial charge in [-0.3, -0.25) is 0 Å². The summed E-state index contributed by atoms with van der Waals surface area (Å²) in [5, 5.41) is 1.69. The molecule has 3 nitrogen and oxygen atoms in total. The molecule has 0 aliphatic rings. The second-order valence-corrected chi connectivity index (χ2v) is 6.88. The number of aromatic nitrogens is 2. The molecule has 8 heteroatoms. The lowest BCUT2D eigenvalue weighted by Crippen LogP contribution is -2.17. The van der Waals surface area contributed by atoms with Crippen molar-refractivity contribution in [3.05, 3.63) is 57.0 Å². The van der Waals surface area contributed by atoms with Crippen LogP contribution in [0.2, 0.25) is 10.2 Å². The lowest BCUT2D eigenvalue weighted by Gasteiger charge is -2.12. The second kappa shape index (κ2) is 6.67. The SMILES string of the molecule is Cc1cnc(Cl)c(Cc2cn(C)c3cc(OC(F)(F)F)cc(C)c23)c1Cl. The predicted octanol–water partition coefficient (Wildman–Crippen LogP) is 5.99. The van der Waals surface area contributed by atoms with E-state index in [1.165, 1.54) is 12.1 Å². The Morgan fingerprint density at radius 3 is 2.50 bits per heavy atom. The zero-order chi connectivity index (χ0) is 19.2. The van der Waals surface area contributed by atoms with Crippen LogP contribution in [-0.2, 0) is 13.5 Å². The number of benzene rings is 1. The maximum absolute atomic E-state index is 12.5. The normalized spacial score (nSPS) is 12.0. The average Bonchev–Trinajstić information content (AvgIpc) is 2.82. The predicted molar refractivity (Wildman–Crippen MR) is 96.1 cm³/mol. The molecule has 0 saturated heterocycles. The first kappa shape index (κ1) is 18.9. The van der Waals surface area contributed by atoms with E-state index in [9.17, 15) is 13.2 Å². The van der Waals surface area contributed by atoms with E-state index in [-0.39, 0.29) is 5.75 Å². The third-order valence-electron chi connectivity index (χ3n) is 4.17. The Hall–Kier alpha value is -1.92. The van der Waals surface area contributed by atoms with Crippen molar-refractivity contribution in [2.75, 3.05) is 0 Å². The molecule has 0 unspecified atom stereocenters. The van der Waals surface area contributed by atoms with Crippen LogP contribution in [0.3, 0.4) is 0 Å². The Morgan fingerprint density at radius 2 is 1.85 bits per heavy atom. The van der Waals surface area contributed by atoms with Crippen LogP contribution in [-0.4, -0.2) is 15.9 Å². The summed E-state index contributed by atoms with van der Waals surface area (Å²) in [4.78, 5) is 4.13. The number of ether oxygens (including phenoxy) is 1. The highest BCUT2D eigenvalue weighted by Crippen LogP contribution is 2.35. The molecule has 3 rings (SSSR count). The molecule has 0 bridgehead atoms. The zero-order valence-electron chi connectivity index (χ0n) is 14.2. The summed E-state index contributed by atoms with van der Waals surface area (Å²) in [6, 6.07) is 2.74. The summed E-state index contributed by atoms with van der Waals surface area (Å²) >= 11 is 12.6. The van der Waals surface area contributed by atoms with Crippen LogP contribution in [0.15, 0.2) is 24.5 Å². The Morgan fingerprint density at radius 1 is 1.15 bits per heavy atom. The van der Waals surface area contributed by atoms with Crippen molar-refractivity contribution in [1.29, 1.82) is 0 Å². The fraction of sp³-hybridized carbons (Fsp3) is 0.278. The van der Waals surface area contributed by atoms with E-state index in [4.69, 9.17) is 23.2 Å². The number of alkyl halides is 3. The van der Waals surface area contributed by atoms with Gasteiger partial charge in [0, 0.05) is 42.9 Å². The molecule has 138 valence electrons. The number of hydrogen-bond donors (Lipinski definition) is 0. The van der Waals surface area contributed by atoms with E-state index in [1.54, 1.807) is 24.7 Å². The molecule has 0 saturated carbocycles. The van der Waals surface area contributed by atoms with Crippen molar-refractivity contribution in [3.63, 3.8) is 0 Å². The summed E-state index contributed by atoms with van der Waals surface area (Å²) in [5.74, 6) is -0.247. The minimum absolute atomic E-state index is 0.247. The summed E-state index contributed by atoms with van der Waals surface area (Å²) in [6.07, 6.45) is -0.861. The van der Waals surface area contributed by atoms with Gasteiger partial charge in [-0.15, -0.1) is 13.2 Å². The van der Waals surface area contributed by atoms with E-state index < -0.39 is 6.36 Å². The highest BCUT2D eigenvalue weighted by atomic mass is 35.5. The lowest BCUT2D eigenvalue weighted by atomic mass is 10.0. The van der Waals surface area contributed by atoms with Gasteiger partial charge in [0.25, 0.3) is 0 Å². The van der Waals surface area contributed by atoms with Crippen LogP contribution in [0.5, 0.6) is 5.75 Å². The van der Waals surface area contributed by atoms with Crippen molar-refractivity contribution < 1.29 is 17.9 Å². The number of nitrogens with zero attached hydrogens (tertiary/aromatic N) is 2. The fourth-order valence-electron chi connectivity index (χ4n) is 3.08. The third-order valence-corrected chi connectivity index (χ3v) is 5.02. The third kappa shape index (κ3) is 3.62. The average molecular weight is 403 g/mol. The smallest absolute Gasteiger partial charge is 0.406 e. The Labute approximate surface area is 158 Å². The quantitative estimate of drug-likeness (QED) is 0.503. The van der Waals surface area contributed by atoms with Gasteiger partial charge in [0.15, 0.2) is 0 Å². The van der Waals surface area contributed by atoms with Gasteiger partial charge in [-0.25, -0.2) is 4.98 Å². The van der Waals surface area contributed by atoms with Crippen molar-refractivity contribution >= 4 is 34.1 Å². The Kier molecular flexibility index (Phi) is 4.84. The monoisotopic (exact) mass is 402 g/mol. The number of fused-ring (bicyclic) bond motifs is 1. The van der Waals surface area contributed by atoms with E-state index in [1.807, 2.05) is 13.1 Å². The molecule has 26 heavy (non-hydrogen) atoms. The fourth-order valence-corrected chi connectivity index (χ4v) is 3.55. The van der Waals surface area contributed by atoms with Crippen molar-refractivity contribution in [1.82, 2.24) is 9.55 Å². The molecule has 0 aliphatic heterocycles. The molecule has 0 spiro atoms. The van der Waals surface area contributed by atoms with E-state index in [2.05, 4.69) is 9.72 Å². The number of halogens is 5. The lowest BCUT2D eigenvalue weighted by molar-refractivity contribution is -0.274. The standard InChI is InChI=1S/C18H15Cl2F3N2O/c1-9-4-12(26-18(21,22)23)6-14-15(9)11(8-25(14)3)5-13-16(19)10(2)7-24-17(13)20/h4,6-8H,5H2,1-3H3. The maximum Gasteiger partial charge on any atom is 0.573 e. The van der Waals surface area contributed by atoms with Gasteiger partial charge < -0.3 is 9.30 Å². The van der Waals surface area contributed by atoms with Crippen LogP contribution in [0.25, 0.3) is 10.9 Å². The van der Waals surface area contributed by atoms with Crippen molar-refractivity contribution in [2.45, 2.75) is 26.6 Å². The molecule has 0 radical (unpaired) electrons. The minimum Gasteiger partial charge on any atom is -0.406 e. The summed E-state index contributed by atoms with van der Waals surface area (Å²) in [5.41, 5.74) is 3.70. The minimum atomic E-state index is -4.73. The summed E-state index contributed by atoms with van der Waals surface area (Å²) < 4.78 is 43.4. The molecule has 2 heterocycles. The van der Waals surface area contributed by atoms with Crippen molar-refractivity contribution in [3.8, 4) is 5.75 Å². The molecule has 0 aliphatic carbocycles. The Bertz CT molecular complexity index is 996. The molecule has 0 amide bonds. The van der Waals surface area contributed by atoms with Gasteiger partial charge in [0.1, 0.15) is 10.9 Å². The van der Waals surface area contributed by atoms with E-state index in [0.717, 1.165) is 16.5 Å². The van der Waals surface area contributed by atoms with Crippen LogP contribution in [0, 0.1) is 13.8 Å². The van der Waals surface area contributed by atoms with Gasteiger partial charge in [-0.05, 0) is 36.6 Å². The summed E-state index contributed by atoms with van der Waals surface area (Å²) in [7, 11) is 1.76. The van der Waals surface area contributed by atoms with Gasteiger partial charge in [-0.1, -0.05) is 23.2 Å². The Balaban J connectivity index is 2.10. The first-order valence-electron chi connectivity index (χ1n) is 7.70. The maximum atomic E-state index is 12.5. The highest BCUT2D eigenvalue weighted by molar-refractivity contribution is 6.35. The number of aryl methyl sites for hydroxylation is 3. The molecule has 3 aromatic rings. The van der Waals surface area contributed by atoms with Gasteiger partial charge >= 0.3 is 6.36 Å². The van der Waals surface area contributed by atoms with Gasteiger partial charge in [0.05, 0.1) is 10.5 Å². The number of pyridine rings is 1. The first-order chi connectivity index (χ1) is 12.1. The van der Waals surface area contributed by atoms with Crippen LogP contribution < -0.4 is 4.74 Å². The van der Waals surface area contributed by atoms with Crippen LogP contribution in [0.1, 0.15) is 22.3 Å². The first-order valence-corrected chi connectivity index (χ1v) is 8.46. The molecule has 0 N–H and O–H groups in total. The number of hydrogen-bond acceptors (Lipinski definition) is 2. The van der Waals surface area contributed by atoms with Crippen LogP contribution >= 0.6 is 23.2 Å². The zero-order valence-corrected chi connectivity index (χ0v) is 15.7. The van der Waals surface area contributed by atoms with E-state index >= 15 is 0 Å². The van der Waals surface area contributed by atoms with Gasteiger partial charge in [0.2, 0.25) is 0 Å². The van der Waals surface area contributed by atoms with E-state index in [0.29, 0.717) is 33.2 Å². The molecule has 2 aromatic heterocycles. The number of rotatable bonds is 3. The van der Waals surface area contributed by atoms with Crippen LogP contribution in [0.4, 0.5) is 13.2 Å². The topological polar surface area (TPSA) is 27.1 Å². The van der Waals surface area contributed by atoms with Crippen molar-refractivity contribution in [2.24, 2.45) is 7.05 Å². The second-order valence-electron chi connectivity index (χ2n) is 6.15. The molecule has 0 atom stereocenters. The largest absolute Gasteiger partial charge is 0.573 e. The molecule has 1 aromatic carbocycles.